The summed E-state index contributed by atoms with van der Waals surface area (Å²) in [5.41, 5.74) is 0. The van der Waals surface area contributed by atoms with Gasteiger partial charge in [-0.1, -0.05) is 0 Å². The first-order chi connectivity index (χ1) is 7.33. The van der Waals surface area contributed by atoms with Gasteiger partial charge in [0.1, 0.15) is 6.61 Å². The Hall–Kier alpha value is -0.610. The van der Waals surface area contributed by atoms with E-state index in [1.54, 1.807) is 0 Å². The third-order valence-electron chi connectivity index (χ3n) is 2.77. The highest BCUT2D eigenvalue weighted by Gasteiger charge is 2.12. The highest BCUT2D eigenvalue weighted by molar-refractivity contribution is 5.77. The molecule has 1 saturated heterocycles. The highest BCUT2D eigenvalue weighted by Crippen LogP contribution is 2.14. The first-order valence-electron chi connectivity index (χ1n) is 5.88. The van der Waals surface area contributed by atoms with Gasteiger partial charge in [-0.25, -0.2) is 0 Å². The van der Waals surface area contributed by atoms with Gasteiger partial charge in [0.05, 0.1) is 0 Å². The van der Waals surface area contributed by atoms with E-state index in [-0.39, 0.29) is 12.5 Å². The molecule has 0 spiro atoms. The van der Waals surface area contributed by atoms with Crippen LogP contribution in [0.25, 0.3) is 0 Å². The third-order valence-corrected chi connectivity index (χ3v) is 2.77. The minimum atomic E-state index is 0.00536. The Balaban J connectivity index is 1.97. The maximum atomic E-state index is 11.2. The molecule has 0 unspecified atom stereocenters. The Labute approximate surface area is 91.8 Å². The van der Waals surface area contributed by atoms with E-state index in [0.29, 0.717) is 6.61 Å². The Bertz CT molecular complexity index is 179. The Morgan fingerprint density at radius 3 is 2.87 bits per heavy atom. The standard InChI is InChI=1S/C11H22N2O2/c1-2-15-9-11(14)13-8-5-10-3-6-12-7-4-10/h10,12H,2-9H2,1H3,(H,13,14). The predicted octanol–water partition coefficient (Wildman–Crippen LogP) is 0.529. The van der Waals surface area contributed by atoms with E-state index in [2.05, 4.69) is 10.6 Å². The molecule has 0 aromatic carbocycles. The summed E-state index contributed by atoms with van der Waals surface area (Å²) in [6.07, 6.45) is 3.57. The molecule has 0 saturated carbocycles. The zero-order chi connectivity index (χ0) is 10.9. The summed E-state index contributed by atoms with van der Waals surface area (Å²) in [5.74, 6) is 0.782. The number of piperidine rings is 1. The molecule has 1 amide bonds. The fourth-order valence-electron chi connectivity index (χ4n) is 1.83. The number of hydrogen-bond acceptors (Lipinski definition) is 3. The number of rotatable bonds is 6. The Morgan fingerprint density at radius 2 is 2.20 bits per heavy atom. The lowest BCUT2D eigenvalue weighted by Crippen LogP contribution is -2.32. The fraction of sp³-hybridized carbons (Fsp3) is 0.909. The minimum Gasteiger partial charge on any atom is -0.372 e. The molecule has 1 rings (SSSR count). The van der Waals surface area contributed by atoms with Crippen LogP contribution in [0.4, 0.5) is 0 Å². The maximum absolute atomic E-state index is 11.2. The molecule has 0 aromatic heterocycles. The largest absolute Gasteiger partial charge is 0.372 e. The van der Waals surface area contributed by atoms with Crippen molar-refractivity contribution in [2.75, 3.05) is 32.8 Å². The highest BCUT2D eigenvalue weighted by atomic mass is 16.5. The molecule has 1 fully saturated rings. The van der Waals surface area contributed by atoms with E-state index in [1.807, 2.05) is 6.92 Å². The number of ether oxygens (including phenoxy) is 1. The van der Waals surface area contributed by atoms with Crippen LogP contribution in [0.3, 0.4) is 0 Å². The molecule has 4 nitrogen and oxygen atoms in total. The minimum absolute atomic E-state index is 0.00536. The molecule has 0 aromatic rings. The number of nitrogens with one attached hydrogen (secondary N) is 2. The summed E-state index contributed by atoms with van der Waals surface area (Å²) < 4.78 is 5.02. The van der Waals surface area contributed by atoms with Crippen LogP contribution in [0.15, 0.2) is 0 Å². The quantitative estimate of drug-likeness (QED) is 0.678. The van der Waals surface area contributed by atoms with Crippen LogP contribution in [-0.4, -0.2) is 38.8 Å². The second-order valence-electron chi connectivity index (χ2n) is 3.97. The smallest absolute Gasteiger partial charge is 0.245 e. The monoisotopic (exact) mass is 214 g/mol. The van der Waals surface area contributed by atoms with Crippen LogP contribution in [0.5, 0.6) is 0 Å². The van der Waals surface area contributed by atoms with Crippen LogP contribution in [0, 0.1) is 5.92 Å². The predicted molar refractivity (Wildman–Crippen MR) is 59.7 cm³/mol. The van der Waals surface area contributed by atoms with Crippen LogP contribution in [-0.2, 0) is 9.53 Å². The van der Waals surface area contributed by atoms with Crippen LogP contribution in [0.1, 0.15) is 26.2 Å². The average molecular weight is 214 g/mol. The van der Waals surface area contributed by atoms with Crippen molar-refractivity contribution in [3.63, 3.8) is 0 Å². The summed E-state index contributed by atoms with van der Waals surface area (Å²) in [6, 6.07) is 0. The van der Waals surface area contributed by atoms with Crippen molar-refractivity contribution < 1.29 is 9.53 Å². The zero-order valence-corrected chi connectivity index (χ0v) is 9.55. The van der Waals surface area contributed by atoms with Gasteiger partial charge in [0.2, 0.25) is 5.91 Å². The summed E-state index contributed by atoms with van der Waals surface area (Å²) in [4.78, 5) is 11.2. The van der Waals surface area contributed by atoms with Crippen molar-refractivity contribution in [3.8, 4) is 0 Å². The van der Waals surface area contributed by atoms with Crippen molar-refractivity contribution in [1.82, 2.24) is 10.6 Å². The van der Waals surface area contributed by atoms with Crippen molar-refractivity contribution in [2.24, 2.45) is 5.92 Å². The van der Waals surface area contributed by atoms with Crippen molar-refractivity contribution in [3.05, 3.63) is 0 Å². The van der Waals surface area contributed by atoms with Crippen molar-refractivity contribution in [1.29, 1.82) is 0 Å². The van der Waals surface area contributed by atoms with Gasteiger partial charge in [-0.05, 0) is 45.2 Å². The van der Waals surface area contributed by atoms with E-state index in [0.717, 1.165) is 32.0 Å². The lowest BCUT2D eigenvalue weighted by Gasteiger charge is -2.22. The zero-order valence-electron chi connectivity index (χ0n) is 9.55. The molecule has 0 atom stereocenters. The number of hydrogen-bond donors (Lipinski definition) is 2. The van der Waals surface area contributed by atoms with Crippen molar-refractivity contribution in [2.45, 2.75) is 26.2 Å². The molecule has 2 N–H and O–H groups in total. The lowest BCUT2D eigenvalue weighted by molar-refractivity contribution is -0.125. The molecule has 1 aliphatic heterocycles. The molecule has 0 aliphatic carbocycles. The van der Waals surface area contributed by atoms with E-state index in [1.165, 1.54) is 12.8 Å². The first-order valence-corrected chi connectivity index (χ1v) is 5.88. The van der Waals surface area contributed by atoms with Crippen LogP contribution < -0.4 is 10.6 Å². The lowest BCUT2D eigenvalue weighted by atomic mass is 9.95. The van der Waals surface area contributed by atoms with Crippen molar-refractivity contribution >= 4 is 5.91 Å². The number of carbonyl (C=O) groups excluding carboxylic acids is 1. The van der Waals surface area contributed by atoms with Crippen LogP contribution >= 0.6 is 0 Å². The van der Waals surface area contributed by atoms with Gasteiger partial charge in [-0.15, -0.1) is 0 Å². The first kappa shape index (κ1) is 12.5. The van der Waals surface area contributed by atoms with E-state index in [4.69, 9.17) is 4.74 Å². The molecular weight excluding hydrogens is 192 g/mol. The van der Waals surface area contributed by atoms with Gasteiger partial charge >= 0.3 is 0 Å². The second kappa shape index (κ2) is 7.65. The van der Waals surface area contributed by atoms with E-state index < -0.39 is 0 Å². The van der Waals surface area contributed by atoms with Gasteiger partial charge in [0.25, 0.3) is 0 Å². The van der Waals surface area contributed by atoms with Gasteiger partial charge in [0.15, 0.2) is 0 Å². The maximum Gasteiger partial charge on any atom is 0.245 e. The molecule has 1 aliphatic rings. The summed E-state index contributed by atoms with van der Waals surface area (Å²) in [5, 5.41) is 6.21. The Morgan fingerprint density at radius 1 is 1.47 bits per heavy atom. The third kappa shape index (κ3) is 5.74. The summed E-state index contributed by atoms with van der Waals surface area (Å²) >= 11 is 0. The van der Waals surface area contributed by atoms with Crippen LogP contribution in [0.2, 0.25) is 0 Å². The molecule has 0 radical (unpaired) electrons. The van der Waals surface area contributed by atoms with E-state index >= 15 is 0 Å². The SMILES string of the molecule is CCOCC(=O)NCCC1CCNCC1. The topological polar surface area (TPSA) is 50.4 Å². The van der Waals surface area contributed by atoms with Gasteiger partial charge in [0, 0.05) is 13.2 Å². The fourth-order valence-corrected chi connectivity index (χ4v) is 1.83. The van der Waals surface area contributed by atoms with Gasteiger partial charge in [-0.2, -0.15) is 0 Å². The van der Waals surface area contributed by atoms with Gasteiger partial charge < -0.3 is 15.4 Å². The Kier molecular flexibility index (Phi) is 6.36. The summed E-state index contributed by atoms with van der Waals surface area (Å²) in [7, 11) is 0. The molecular formula is C11H22N2O2. The molecule has 15 heavy (non-hydrogen) atoms. The molecule has 0 bridgehead atoms. The normalized spacial score (nSPS) is 17.7. The average Bonchev–Trinajstić information content (AvgIpc) is 2.28. The molecule has 4 heteroatoms. The number of carbonyl (C=O) groups is 1. The summed E-state index contributed by atoms with van der Waals surface area (Å²) in [6.45, 7) is 5.72. The molecule has 1 heterocycles. The number of amides is 1. The van der Waals surface area contributed by atoms with E-state index in [9.17, 15) is 4.79 Å². The molecule has 88 valence electrons. The van der Waals surface area contributed by atoms with Gasteiger partial charge in [-0.3, -0.25) is 4.79 Å². The second-order valence-corrected chi connectivity index (χ2v) is 3.97.